The molecule has 3 aromatic rings. The quantitative estimate of drug-likeness (QED) is 0.575. The van der Waals surface area contributed by atoms with Gasteiger partial charge in [0.1, 0.15) is 6.17 Å². The number of para-hydroxylation sites is 3. The summed E-state index contributed by atoms with van der Waals surface area (Å²) in [5.41, 5.74) is 11.1. The number of rotatable bonds is 6. The normalized spacial score (nSPS) is 18.7. The van der Waals surface area contributed by atoms with Crippen LogP contribution in [-0.2, 0) is 6.42 Å². The number of amides is 1. The van der Waals surface area contributed by atoms with E-state index >= 15 is 0 Å². The van der Waals surface area contributed by atoms with Crippen molar-refractivity contribution >= 4 is 23.0 Å². The second kappa shape index (κ2) is 9.55. The van der Waals surface area contributed by atoms with Crippen LogP contribution in [0.5, 0.6) is 0 Å². The Morgan fingerprint density at radius 3 is 2.30 bits per heavy atom. The van der Waals surface area contributed by atoms with E-state index in [9.17, 15) is 4.79 Å². The Labute approximate surface area is 195 Å². The highest BCUT2D eigenvalue weighted by molar-refractivity contribution is 6.02. The van der Waals surface area contributed by atoms with Crippen molar-refractivity contribution in [2.45, 2.75) is 12.6 Å². The fourth-order valence-corrected chi connectivity index (χ4v) is 4.87. The lowest BCUT2D eigenvalue weighted by Gasteiger charge is -2.41. The van der Waals surface area contributed by atoms with Crippen molar-refractivity contribution in [3.63, 3.8) is 0 Å². The van der Waals surface area contributed by atoms with Crippen LogP contribution in [0.4, 0.5) is 17.1 Å². The zero-order valence-electron chi connectivity index (χ0n) is 18.9. The lowest BCUT2D eigenvalue weighted by atomic mass is 10.0. The first kappa shape index (κ1) is 21.3. The van der Waals surface area contributed by atoms with E-state index in [1.807, 2.05) is 42.5 Å². The van der Waals surface area contributed by atoms with Gasteiger partial charge in [-0.25, -0.2) is 0 Å². The molecule has 3 N–H and O–H groups in total. The third-order valence-electron chi connectivity index (χ3n) is 6.75. The van der Waals surface area contributed by atoms with Crippen LogP contribution in [0.3, 0.4) is 0 Å². The van der Waals surface area contributed by atoms with Gasteiger partial charge in [-0.15, -0.1) is 0 Å². The number of nitrogens with two attached hydrogens (primary N) is 1. The summed E-state index contributed by atoms with van der Waals surface area (Å²) in [4.78, 5) is 20.1. The van der Waals surface area contributed by atoms with Crippen molar-refractivity contribution in [1.82, 2.24) is 10.2 Å². The molecule has 1 fully saturated rings. The molecule has 2 heterocycles. The van der Waals surface area contributed by atoms with Crippen LogP contribution in [0.1, 0.15) is 15.9 Å². The number of nitrogen functional groups attached to an aromatic ring is 1. The Kier molecular flexibility index (Phi) is 6.17. The summed E-state index contributed by atoms with van der Waals surface area (Å²) >= 11 is 0. The van der Waals surface area contributed by atoms with E-state index in [0.29, 0.717) is 6.42 Å². The monoisotopic (exact) mass is 441 g/mol. The van der Waals surface area contributed by atoms with E-state index in [2.05, 4.69) is 56.4 Å². The van der Waals surface area contributed by atoms with E-state index in [-0.39, 0.29) is 12.1 Å². The molecule has 0 aromatic heterocycles. The second-order valence-electron chi connectivity index (χ2n) is 8.77. The maximum atomic E-state index is 12.8. The molecule has 1 amide bonds. The largest absolute Gasteiger partial charge is 0.399 e. The standard InChI is InChI=1S/C27H31N5O/c28-24-12-6-4-8-21(24)20-26-29-27(33)23-11-5-7-13-25(23)32(26)19-16-30-14-17-31(18-15-30)22-9-2-1-3-10-22/h1-13,26H,14-20,28H2,(H,29,33). The molecule has 0 saturated carbocycles. The van der Waals surface area contributed by atoms with Gasteiger partial charge >= 0.3 is 0 Å². The first-order valence-electron chi connectivity index (χ1n) is 11.7. The van der Waals surface area contributed by atoms with Crippen LogP contribution >= 0.6 is 0 Å². The number of nitrogens with zero attached hydrogens (tertiary/aromatic N) is 3. The summed E-state index contributed by atoms with van der Waals surface area (Å²) in [5, 5.41) is 3.22. The van der Waals surface area contributed by atoms with Gasteiger partial charge in [-0.1, -0.05) is 48.5 Å². The third-order valence-corrected chi connectivity index (χ3v) is 6.75. The van der Waals surface area contributed by atoms with Gasteiger partial charge in [0.25, 0.3) is 5.91 Å². The third kappa shape index (κ3) is 4.66. The van der Waals surface area contributed by atoms with Crippen molar-refractivity contribution in [1.29, 1.82) is 0 Å². The average molecular weight is 442 g/mol. The molecule has 0 bridgehead atoms. The van der Waals surface area contributed by atoms with E-state index in [1.165, 1.54) is 5.69 Å². The highest BCUT2D eigenvalue weighted by Gasteiger charge is 2.31. The molecule has 3 aromatic carbocycles. The lowest BCUT2D eigenvalue weighted by Crippen LogP contribution is -2.56. The van der Waals surface area contributed by atoms with Crippen LogP contribution in [0.15, 0.2) is 78.9 Å². The van der Waals surface area contributed by atoms with Gasteiger partial charge in [-0.05, 0) is 35.9 Å². The number of hydrogen-bond acceptors (Lipinski definition) is 5. The fraction of sp³-hybridized carbons (Fsp3) is 0.296. The van der Waals surface area contributed by atoms with E-state index in [0.717, 1.165) is 61.8 Å². The number of anilines is 3. The molecule has 6 nitrogen and oxygen atoms in total. The minimum absolute atomic E-state index is 0.0159. The summed E-state index contributed by atoms with van der Waals surface area (Å²) in [7, 11) is 0. The van der Waals surface area contributed by atoms with Gasteiger partial charge in [0.05, 0.1) is 11.3 Å². The summed E-state index contributed by atoms with van der Waals surface area (Å²) in [5.74, 6) is -0.0159. The van der Waals surface area contributed by atoms with Crippen LogP contribution in [0.25, 0.3) is 0 Å². The molecule has 170 valence electrons. The van der Waals surface area contributed by atoms with Crippen LogP contribution < -0.4 is 20.9 Å². The second-order valence-corrected chi connectivity index (χ2v) is 8.77. The van der Waals surface area contributed by atoms with Crippen LogP contribution in [-0.4, -0.2) is 56.2 Å². The van der Waals surface area contributed by atoms with Crippen molar-refractivity contribution in [3.05, 3.63) is 90.0 Å². The molecule has 2 aliphatic rings. The smallest absolute Gasteiger partial charge is 0.254 e. The molecule has 1 atom stereocenters. The molecule has 0 radical (unpaired) electrons. The van der Waals surface area contributed by atoms with Gasteiger partial charge in [-0.2, -0.15) is 0 Å². The number of hydrogen-bond donors (Lipinski definition) is 2. The zero-order valence-corrected chi connectivity index (χ0v) is 18.9. The molecular weight excluding hydrogens is 410 g/mol. The number of carbonyl (C=O) groups excluding carboxylic acids is 1. The number of piperazine rings is 1. The average Bonchev–Trinajstić information content (AvgIpc) is 2.86. The fourth-order valence-electron chi connectivity index (χ4n) is 4.87. The molecule has 0 aliphatic carbocycles. The van der Waals surface area contributed by atoms with Crippen molar-refractivity contribution < 1.29 is 4.79 Å². The Balaban J connectivity index is 1.28. The maximum absolute atomic E-state index is 12.8. The first-order chi connectivity index (χ1) is 16.2. The van der Waals surface area contributed by atoms with E-state index < -0.39 is 0 Å². The minimum atomic E-state index is -0.122. The topological polar surface area (TPSA) is 64.8 Å². The summed E-state index contributed by atoms with van der Waals surface area (Å²) < 4.78 is 0. The lowest BCUT2D eigenvalue weighted by molar-refractivity contribution is 0.0925. The minimum Gasteiger partial charge on any atom is -0.399 e. The zero-order chi connectivity index (χ0) is 22.6. The van der Waals surface area contributed by atoms with Gasteiger partial charge in [-0.3, -0.25) is 9.69 Å². The van der Waals surface area contributed by atoms with Gasteiger partial charge in [0.2, 0.25) is 0 Å². The first-order valence-corrected chi connectivity index (χ1v) is 11.7. The van der Waals surface area contributed by atoms with Crippen molar-refractivity contribution in [3.8, 4) is 0 Å². The Morgan fingerprint density at radius 1 is 0.818 bits per heavy atom. The predicted octanol–water partition coefficient (Wildman–Crippen LogP) is 3.21. The Hall–Kier alpha value is -3.51. The number of carbonyl (C=O) groups is 1. The van der Waals surface area contributed by atoms with Crippen molar-refractivity contribution in [2.75, 3.05) is 54.8 Å². The van der Waals surface area contributed by atoms with Crippen LogP contribution in [0.2, 0.25) is 0 Å². The maximum Gasteiger partial charge on any atom is 0.254 e. The summed E-state index contributed by atoms with van der Waals surface area (Å²) in [6, 6.07) is 26.4. The molecule has 1 saturated heterocycles. The van der Waals surface area contributed by atoms with E-state index in [4.69, 9.17) is 5.73 Å². The predicted molar refractivity (Wildman–Crippen MR) is 135 cm³/mol. The highest BCUT2D eigenvalue weighted by Crippen LogP contribution is 2.28. The van der Waals surface area contributed by atoms with E-state index in [1.54, 1.807) is 0 Å². The summed E-state index contributed by atoms with van der Waals surface area (Å²) in [6.07, 6.45) is 0.553. The molecule has 2 aliphatic heterocycles. The van der Waals surface area contributed by atoms with Gasteiger partial charge in [0, 0.05) is 57.1 Å². The van der Waals surface area contributed by atoms with Gasteiger partial charge < -0.3 is 20.9 Å². The number of fused-ring (bicyclic) bond motifs is 1. The van der Waals surface area contributed by atoms with Gasteiger partial charge in [0.15, 0.2) is 0 Å². The van der Waals surface area contributed by atoms with Crippen LogP contribution in [0, 0.1) is 0 Å². The molecule has 33 heavy (non-hydrogen) atoms. The molecule has 5 rings (SSSR count). The SMILES string of the molecule is Nc1ccccc1CC1NC(=O)c2ccccc2N1CCN1CCN(c2ccccc2)CC1. The Bertz CT molecular complexity index is 1090. The highest BCUT2D eigenvalue weighted by atomic mass is 16.2. The van der Waals surface area contributed by atoms with Crippen molar-refractivity contribution in [2.24, 2.45) is 0 Å². The Morgan fingerprint density at radius 2 is 1.52 bits per heavy atom. The molecular formula is C27H31N5O. The molecule has 0 spiro atoms. The number of benzene rings is 3. The number of nitrogens with one attached hydrogen (secondary N) is 1. The molecule has 6 heteroatoms. The summed E-state index contributed by atoms with van der Waals surface area (Å²) in [6.45, 7) is 5.93. The molecule has 1 unspecified atom stereocenters.